The highest BCUT2D eigenvalue weighted by molar-refractivity contribution is 5.87. The van der Waals surface area contributed by atoms with E-state index in [4.69, 9.17) is 4.74 Å². The van der Waals surface area contributed by atoms with E-state index in [0.29, 0.717) is 5.56 Å². The van der Waals surface area contributed by atoms with Crippen LogP contribution in [-0.4, -0.2) is 23.3 Å². The van der Waals surface area contributed by atoms with Gasteiger partial charge in [-0.3, -0.25) is 5.32 Å². The summed E-state index contributed by atoms with van der Waals surface area (Å²) in [5.41, 5.74) is -3.70. The van der Waals surface area contributed by atoms with E-state index in [0.717, 1.165) is 12.1 Å². The van der Waals surface area contributed by atoms with Gasteiger partial charge in [0.05, 0.1) is 0 Å². The molecule has 1 amide bonds. The van der Waals surface area contributed by atoms with E-state index in [1.54, 1.807) is 30.3 Å². The molecule has 0 radical (unpaired) electrons. The topological polar surface area (TPSA) is 75.6 Å². The van der Waals surface area contributed by atoms with E-state index in [2.05, 4.69) is 0 Å². The highest BCUT2D eigenvalue weighted by Gasteiger charge is 2.63. The number of amides is 1. The maximum absolute atomic E-state index is 13.6. The van der Waals surface area contributed by atoms with Crippen LogP contribution in [0.2, 0.25) is 0 Å². The van der Waals surface area contributed by atoms with Gasteiger partial charge in [0, 0.05) is 0 Å². The summed E-state index contributed by atoms with van der Waals surface area (Å²) in [5, 5.41) is 10.7. The highest BCUT2D eigenvalue weighted by atomic mass is 19.4. The Balaban J connectivity index is 2.27. The van der Waals surface area contributed by atoms with Crippen molar-refractivity contribution < 1.29 is 32.6 Å². The third-order valence-corrected chi connectivity index (χ3v) is 3.46. The van der Waals surface area contributed by atoms with E-state index in [9.17, 15) is 27.9 Å². The molecule has 1 unspecified atom stereocenters. The lowest BCUT2D eigenvalue weighted by Gasteiger charge is -2.32. The van der Waals surface area contributed by atoms with Crippen LogP contribution in [0.3, 0.4) is 0 Å². The lowest BCUT2D eigenvalue weighted by molar-refractivity contribution is -0.211. The summed E-state index contributed by atoms with van der Waals surface area (Å²) in [6, 6.07) is 14.1. The van der Waals surface area contributed by atoms with Crippen LogP contribution in [0.25, 0.3) is 0 Å². The number of ether oxygens (including phenoxy) is 1. The highest BCUT2D eigenvalue weighted by Crippen LogP contribution is 2.39. The lowest BCUT2D eigenvalue weighted by atomic mass is 9.89. The maximum Gasteiger partial charge on any atom is 0.426 e. The van der Waals surface area contributed by atoms with Gasteiger partial charge in [-0.1, -0.05) is 60.7 Å². The molecule has 25 heavy (non-hydrogen) atoms. The second-order valence-corrected chi connectivity index (χ2v) is 5.11. The number of alkyl halides is 3. The summed E-state index contributed by atoms with van der Waals surface area (Å²) in [4.78, 5) is 23.3. The summed E-state index contributed by atoms with van der Waals surface area (Å²) >= 11 is 0. The smallest absolute Gasteiger partial charge is 0.426 e. The molecular formula is C17H14F3NO4. The SMILES string of the molecule is O=C(NC(C(=O)O)(c1ccccc1)C(F)(F)F)OCc1ccccc1. The number of halogens is 3. The van der Waals surface area contributed by atoms with Gasteiger partial charge < -0.3 is 9.84 Å². The van der Waals surface area contributed by atoms with Gasteiger partial charge in [0.1, 0.15) is 6.61 Å². The fraction of sp³-hybridized carbons (Fsp3) is 0.176. The van der Waals surface area contributed by atoms with E-state index in [-0.39, 0.29) is 6.61 Å². The van der Waals surface area contributed by atoms with Crippen LogP contribution in [0.5, 0.6) is 0 Å². The number of alkyl carbamates (subject to hydrolysis) is 1. The van der Waals surface area contributed by atoms with E-state index in [1.807, 2.05) is 0 Å². The molecule has 2 rings (SSSR count). The Bertz CT molecular complexity index is 735. The molecule has 0 spiro atoms. The van der Waals surface area contributed by atoms with Gasteiger partial charge in [0.2, 0.25) is 0 Å². The zero-order valence-electron chi connectivity index (χ0n) is 12.8. The van der Waals surface area contributed by atoms with Gasteiger partial charge in [0.15, 0.2) is 0 Å². The number of benzene rings is 2. The first kappa shape index (κ1) is 18.3. The lowest BCUT2D eigenvalue weighted by Crippen LogP contribution is -2.61. The van der Waals surface area contributed by atoms with Crippen LogP contribution in [0.1, 0.15) is 11.1 Å². The molecule has 2 aromatic carbocycles. The van der Waals surface area contributed by atoms with Crippen molar-refractivity contribution >= 4 is 12.1 Å². The normalized spacial score (nSPS) is 13.6. The van der Waals surface area contributed by atoms with Crippen molar-refractivity contribution in [1.82, 2.24) is 5.32 Å². The van der Waals surface area contributed by atoms with Crippen molar-refractivity contribution in [3.05, 3.63) is 71.8 Å². The van der Waals surface area contributed by atoms with E-state index in [1.165, 1.54) is 23.5 Å². The number of aliphatic carboxylic acids is 1. The molecule has 2 aromatic rings. The standard InChI is InChI=1S/C17H14F3NO4/c18-17(19,20)16(14(22)23,13-9-5-2-6-10-13)21-15(24)25-11-12-7-3-1-4-8-12/h1-10H,11H2,(H,21,24)(H,22,23). The predicted octanol–water partition coefficient (Wildman–Crippen LogP) is 3.46. The molecule has 0 fully saturated rings. The third kappa shape index (κ3) is 3.90. The fourth-order valence-electron chi connectivity index (χ4n) is 2.21. The second-order valence-electron chi connectivity index (χ2n) is 5.11. The Kier molecular flexibility index (Phi) is 5.31. The summed E-state index contributed by atoms with van der Waals surface area (Å²) in [5.74, 6) is -2.26. The third-order valence-electron chi connectivity index (χ3n) is 3.46. The quantitative estimate of drug-likeness (QED) is 0.863. The molecule has 0 aliphatic carbocycles. The van der Waals surface area contributed by atoms with Crippen LogP contribution in [0.4, 0.5) is 18.0 Å². The van der Waals surface area contributed by atoms with Gasteiger partial charge in [-0.25, -0.2) is 9.59 Å². The largest absolute Gasteiger partial charge is 0.479 e. The van der Waals surface area contributed by atoms with Crippen molar-refractivity contribution in [2.75, 3.05) is 0 Å². The van der Waals surface area contributed by atoms with Crippen molar-refractivity contribution in [2.45, 2.75) is 18.3 Å². The summed E-state index contributed by atoms with van der Waals surface area (Å²) in [6.07, 6.45) is -6.78. The second kappa shape index (κ2) is 7.25. The van der Waals surface area contributed by atoms with Crippen LogP contribution in [0, 0.1) is 0 Å². The van der Waals surface area contributed by atoms with Crippen LogP contribution in [-0.2, 0) is 21.7 Å². The minimum absolute atomic E-state index is 0.297. The van der Waals surface area contributed by atoms with E-state index < -0.39 is 29.3 Å². The Morgan fingerprint density at radius 3 is 1.96 bits per heavy atom. The number of carboxylic acids is 1. The average molecular weight is 353 g/mol. The summed E-state index contributed by atoms with van der Waals surface area (Å²) < 4.78 is 45.5. The number of hydrogen-bond donors (Lipinski definition) is 2. The molecule has 0 saturated heterocycles. The number of nitrogens with one attached hydrogen (secondary N) is 1. The van der Waals surface area contributed by atoms with Gasteiger partial charge >= 0.3 is 18.2 Å². The Morgan fingerprint density at radius 1 is 0.960 bits per heavy atom. The van der Waals surface area contributed by atoms with Crippen LogP contribution in [0.15, 0.2) is 60.7 Å². The molecule has 0 aromatic heterocycles. The Labute approximate surface area is 141 Å². The number of hydrogen-bond acceptors (Lipinski definition) is 3. The van der Waals surface area contributed by atoms with Gasteiger partial charge in [-0.05, 0) is 11.1 Å². The average Bonchev–Trinajstić information content (AvgIpc) is 2.58. The molecule has 1 atom stereocenters. The molecule has 5 nitrogen and oxygen atoms in total. The van der Waals surface area contributed by atoms with Gasteiger partial charge in [0.25, 0.3) is 5.54 Å². The number of carbonyl (C=O) groups is 2. The van der Waals surface area contributed by atoms with Crippen molar-refractivity contribution in [2.24, 2.45) is 0 Å². The van der Waals surface area contributed by atoms with Crippen molar-refractivity contribution in [3.8, 4) is 0 Å². The first-order valence-electron chi connectivity index (χ1n) is 7.12. The van der Waals surface area contributed by atoms with Crippen molar-refractivity contribution in [3.63, 3.8) is 0 Å². The molecule has 132 valence electrons. The molecular weight excluding hydrogens is 339 g/mol. The first-order chi connectivity index (χ1) is 11.8. The Morgan fingerprint density at radius 2 is 1.48 bits per heavy atom. The number of carbonyl (C=O) groups excluding carboxylic acids is 1. The maximum atomic E-state index is 13.6. The van der Waals surface area contributed by atoms with Gasteiger partial charge in [-0.2, -0.15) is 13.2 Å². The van der Waals surface area contributed by atoms with Crippen molar-refractivity contribution in [1.29, 1.82) is 0 Å². The van der Waals surface area contributed by atoms with Crippen LogP contribution >= 0.6 is 0 Å². The Hall–Kier alpha value is -3.03. The monoisotopic (exact) mass is 353 g/mol. The molecule has 8 heteroatoms. The molecule has 0 aliphatic heterocycles. The number of carboxylic acid groups (broad SMARTS) is 1. The molecule has 0 aliphatic rings. The van der Waals surface area contributed by atoms with Gasteiger partial charge in [-0.15, -0.1) is 0 Å². The molecule has 0 bridgehead atoms. The summed E-state index contributed by atoms with van der Waals surface area (Å²) in [7, 11) is 0. The van der Waals surface area contributed by atoms with E-state index >= 15 is 0 Å². The predicted molar refractivity (Wildman–Crippen MR) is 81.6 cm³/mol. The zero-order valence-corrected chi connectivity index (χ0v) is 12.8. The molecule has 2 N–H and O–H groups in total. The summed E-state index contributed by atoms with van der Waals surface area (Å²) in [6.45, 7) is -0.297. The number of rotatable bonds is 5. The minimum Gasteiger partial charge on any atom is -0.479 e. The first-order valence-corrected chi connectivity index (χ1v) is 7.12. The molecule has 0 heterocycles. The van der Waals surface area contributed by atoms with Crippen LogP contribution < -0.4 is 5.32 Å². The zero-order chi connectivity index (χ0) is 18.5. The molecule has 0 saturated carbocycles. The minimum atomic E-state index is -5.29. The fourth-order valence-corrected chi connectivity index (χ4v) is 2.21.